The topological polar surface area (TPSA) is 80.3 Å². The highest BCUT2D eigenvalue weighted by Gasteiger charge is 2.08. The number of amides is 2. The summed E-state index contributed by atoms with van der Waals surface area (Å²) in [4.78, 5) is 28.3. The number of aromatic nitrogens is 1. The molecule has 0 fully saturated rings. The van der Waals surface area contributed by atoms with E-state index in [1.165, 1.54) is 12.1 Å². The van der Waals surface area contributed by atoms with Gasteiger partial charge in [-0.2, -0.15) is 0 Å². The molecule has 0 radical (unpaired) electrons. The van der Waals surface area contributed by atoms with Crippen molar-refractivity contribution in [2.45, 2.75) is 13.0 Å². The Labute approximate surface area is 174 Å². The molecular weight excluding hydrogens is 385 g/mol. The van der Waals surface area contributed by atoms with Crippen LogP contribution in [0.4, 0.5) is 4.39 Å². The van der Waals surface area contributed by atoms with Gasteiger partial charge >= 0.3 is 0 Å². The van der Waals surface area contributed by atoms with E-state index in [1.807, 2.05) is 12.1 Å². The second kappa shape index (κ2) is 10.7. The van der Waals surface area contributed by atoms with Gasteiger partial charge in [-0.05, 0) is 42.0 Å². The number of halogens is 1. The Balaban J connectivity index is 1.40. The van der Waals surface area contributed by atoms with Crippen LogP contribution in [-0.4, -0.2) is 29.9 Å². The van der Waals surface area contributed by atoms with Crippen molar-refractivity contribution in [3.63, 3.8) is 0 Å². The third kappa shape index (κ3) is 6.70. The van der Waals surface area contributed by atoms with Crippen molar-refractivity contribution in [2.75, 3.05) is 13.1 Å². The average Bonchev–Trinajstić information content (AvgIpc) is 2.77. The summed E-state index contributed by atoms with van der Waals surface area (Å²) in [5, 5.41) is 5.48. The molecule has 2 aromatic carbocycles. The lowest BCUT2D eigenvalue weighted by atomic mass is 10.1. The molecule has 1 aromatic heterocycles. The molecule has 0 saturated heterocycles. The highest BCUT2D eigenvalue weighted by molar-refractivity contribution is 5.94. The lowest BCUT2D eigenvalue weighted by Crippen LogP contribution is -2.35. The molecule has 3 aromatic rings. The summed E-state index contributed by atoms with van der Waals surface area (Å²) in [6, 6.07) is 16.4. The largest absolute Gasteiger partial charge is 0.489 e. The van der Waals surface area contributed by atoms with Gasteiger partial charge in [0.2, 0.25) is 5.91 Å². The maximum atomic E-state index is 12.9. The van der Waals surface area contributed by atoms with E-state index in [0.29, 0.717) is 24.5 Å². The van der Waals surface area contributed by atoms with E-state index in [2.05, 4.69) is 15.6 Å². The summed E-state index contributed by atoms with van der Waals surface area (Å²) < 4.78 is 18.6. The summed E-state index contributed by atoms with van der Waals surface area (Å²) >= 11 is 0. The van der Waals surface area contributed by atoms with Crippen LogP contribution in [0.25, 0.3) is 0 Å². The van der Waals surface area contributed by atoms with Crippen molar-refractivity contribution in [3.8, 4) is 5.75 Å². The summed E-state index contributed by atoms with van der Waals surface area (Å²) in [5.41, 5.74) is 2.13. The second-order valence-electron chi connectivity index (χ2n) is 6.59. The summed E-state index contributed by atoms with van der Waals surface area (Å²) in [6.07, 6.45) is 3.57. The second-order valence-corrected chi connectivity index (χ2v) is 6.59. The number of nitrogens with one attached hydrogen (secondary N) is 2. The van der Waals surface area contributed by atoms with Gasteiger partial charge in [0.05, 0.1) is 6.42 Å². The average molecular weight is 407 g/mol. The highest BCUT2D eigenvalue weighted by atomic mass is 19.1. The number of carbonyl (C=O) groups is 2. The van der Waals surface area contributed by atoms with E-state index in [1.54, 1.807) is 48.8 Å². The number of carbonyl (C=O) groups excluding carboxylic acids is 2. The van der Waals surface area contributed by atoms with Gasteiger partial charge in [0.15, 0.2) is 0 Å². The molecule has 0 bridgehead atoms. The molecule has 0 aliphatic heterocycles. The van der Waals surface area contributed by atoms with Crippen LogP contribution in [0.3, 0.4) is 0 Å². The fourth-order valence-electron chi connectivity index (χ4n) is 2.71. The van der Waals surface area contributed by atoms with Crippen LogP contribution in [0.5, 0.6) is 5.75 Å². The van der Waals surface area contributed by atoms with Crippen LogP contribution in [0, 0.1) is 5.82 Å². The molecule has 0 aliphatic rings. The van der Waals surface area contributed by atoms with Crippen molar-refractivity contribution in [1.29, 1.82) is 0 Å². The zero-order valence-corrected chi connectivity index (χ0v) is 16.3. The van der Waals surface area contributed by atoms with E-state index in [0.717, 1.165) is 11.1 Å². The molecular formula is C23H22FN3O3. The predicted molar refractivity (Wildman–Crippen MR) is 110 cm³/mol. The van der Waals surface area contributed by atoms with Gasteiger partial charge in [-0.1, -0.05) is 24.3 Å². The Morgan fingerprint density at radius 1 is 0.933 bits per heavy atom. The molecule has 2 N–H and O–H groups in total. The Hall–Kier alpha value is -3.74. The standard InChI is InChI=1S/C23H22FN3O3/c24-20-8-6-17(7-9-20)13-22(28)26-11-12-27-23(29)19-4-1-5-21(14-19)30-16-18-3-2-10-25-15-18/h1-10,14-15H,11-13,16H2,(H,26,28)(H,27,29). The fraction of sp³-hybridized carbons (Fsp3) is 0.174. The van der Waals surface area contributed by atoms with Gasteiger partial charge in [-0.3, -0.25) is 14.6 Å². The number of benzene rings is 2. The molecule has 154 valence electrons. The SMILES string of the molecule is O=C(Cc1ccc(F)cc1)NCCNC(=O)c1cccc(OCc2cccnc2)c1. The smallest absolute Gasteiger partial charge is 0.251 e. The molecule has 2 amide bonds. The highest BCUT2D eigenvalue weighted by Crippen LogP contribution is 2.15. The van der Waals surface area contributed by atoms with Crippen LogP contribution in [-0.2, 0) is 17.8 Å². The first-order valence-corrected chi connectivity index (χ1v) is 9.51. The predicted octanol–water partition coefficient (Wildman–Crippen LogP) is 2.89. The Morgan fingerprint density at radius 3 is 2.50 bits per heavy atom. The number of ether oxygens (including phenoxy) is 1. The summed E-state index contributed by atoms with van der Waals surface area (Å²) in [7, 11) is 0. The minimum absolute atomic E-state index is 0.157. The third-order valence-corrected chi connectivity index (χ3v) is 4.24. The van der Waals surface area contributed by atoms with Crippen molar-refractivity contribution in [3.05, 3.63) is 95.6 Å². The van der Waals surface area contributed by atoms with E-state index in [-0.39, 0.29) is 30.6 Å². The zero-order chi connectivity index (χ0) is 21.2. The Morgan fingerprint density at radius 2 is 1.73 bits per heavy atom. The van der Waals surface area contributed by atoms with E-state index in [9.17, 15) is 14.0 Å². The summed E-state index contributed by atoms with van der Waals surface area (Å²) in [6.45, 7) is 0.941. The maximum Gasteiger partial charge on any atom is 0.251 e. The third-order valence-electron chi connectivity index (χ3n) is 4.24. The molecule has 6 nitrogen and oxygen atoms in total. The van der Waals surface area contributed by atoms with Crippen LogP contribution in [0.15, 0.2) is 73.1 Å². The zero-order valence-electron chi connectivity index (χ0n) is 16.3. The lowest BCUT2D eigenvalue weighted by molar-refractivity contribution is -0.120. The van der Waals surface area contributed by atoms with Gasteiger partial charge < -0.3 is 15.4 Å². The molecule has 1 heterocycles. The van der Waals surface area contributed by atoms with Gasteiger partial charge in [0, 0.05) is 36.6 Å². The van der Waals surface area contributed by atoms with Crippen molar-refractivity contribution < 1.29 is 18.7 Å². The van der Waals surface area contributed by atoms with Gasteiger partial charge in [-0.15, -0.1) is 0 Å². The van der Waals surface area contributed by atoms with Crippen LogP contribution >= 0.6 is 0 Å². The summed E-state index contributed by atoms with van der Waals surface area (Å²) in [5.74, 6) is -0.205. The quantitative estimate of drug-likeness (QED) is 0.535. The number of nitrogens with zero attached hydrogens (tertiary/aromatic N) is 1. The molecule has 3 rings (SSSR count). The first kappa shape index (κ1) is 21.0. The minimum Gasteiger partial charge on any atom is -0.489 e. The van der Waals surface area contributed by atoms with Crippen LogP contribution < -0.4 is 15.4 Å². The molecule has 7 heteroatoms. The van der Waals surface area contributed by atoms with E-state index in [4.69, 9.17) is 4.74 Å². The van der Waals surface area contributed by atoms with E-state index >= 15 is 0 Å². The lowest BCUT2D eigenvalue weighted by Gasteiger charge is -2.09. The number of hydrogen-bond donors (Lipinski definition) is 2. The minimum atomic E-state index is -0.339. The molecule has 30 heavy (non-hydrogen) atoms. The molecule has 0 unspecified atom stereocenters. The Bertz CT molecular complexity index is 978. The Kier molecular flexibility index (Phi) is 7.49. The maximum absolute atomic E-state index is 12.9. The molecule has 0 atom stereocenters. The van der Waals surface area contributed by atoms with Gasteiger partial charge in [0.1, 0.15) is 18.2 Å². The number of rotatable bonds is 9. The normalized spacial score (nSPS) is 10.3. The van der Waals surface area contributed by atoms with Gasteiger partial charge in [0.25, 0.3) is 5.91 Å². The van der Waals surface area contributed by atoms with Crippen LogP contribution in [0.1, 0.15) is 21.5 Å². The first-order valence-electron chi connectivity index (χ1n) is 9.51. The van der Waals surface area contributed by atoms with Crippen molar-refractivity contribution in [2.24, 2.45) is 0 Å². The number of hydrogen-bond acceptors (Lipinski definition) is 4. The molecule has 0 saturated carbocycles. The van der Waals surface area contributed by atoms with Crippen LogP contribution in [0.2, 0.25) is 0 Å². The van der Waals surface area contributed by atoms with E-state index < -0.39 is 0 Å². The molecule has 0 aliphatic carbocycles. The first-order chi connectivity index (χ1) is 14.6. The monoisotopic (exact) mass is 407 g/mol. The van der Waals surface area contributed by atoms with Gasteiger partial charge in [-0.25, -0.2) is 4.39 Å². The van der Waals surface area contributed by atoms with Crippen molar-refractivity contribution >= 4 is 11.8 Å². The van der Waals surface area contributed by atoms with Crippen molar-refractivity contribution in [1.82, 2.24) is 15.6 Å². The molecule has 0 spiro atoms. The number of pyridine rings is 1. The fourth-order valence-corrected chi connectivity index (χ4v) is 2.71.